The number of fused-ring (bicyclic) bond motifs is 1. The average molecular weight is 558 g/mol. The first-order chi connectivity index (χ1) is 17.2. The number of benzene rings is 2. The monoisotopic (exact) mass is 557 g/mol. The molecular weight excluding hydrogens is 528 g/mol. The lowest BCUT2D eigenvalue weighted by molar-refractivity contribution is -0.153. The van der Waals surface area contributed by atoms with Crippen molar-refractivity contribution in [3.63, 3.8) is 0 Å². The fourth-order valence-electron chi connectivity index (χ4n) is 4.07. The van der Waals surface area contributed by atoms with Crippen LogP contribution in [0.4, 0.5) is 14.5 Å². The van der Waals surface area contributed by atoms with Gasteiger partial charge >= 0.3 is 5.97 Å². The highest BCUT2D eigenvalue weighted by molar-refractivity contribution is 7.93. The highest BCUT2D eigenvalue weighted by Crippen LogP contribution is 2.41. The first-order valence-corrected chi connectivity index (χ1v) is 15.0. The molecule has 0 amide bonds. The molecule has 2 aromatic carbocycles. The van der Waals surface area contributed by atoms with Gasteiger partial charge in [-0.2, -0.15) is 0 Å². The standard InChI is InChI=1S/C25H29F2NO7S2/c1-25(2,3)35-23(29)14-16-12-21(27)24-22(13-16)28(37(32,33)20-6-4-17(26)5-7-20)15-18(34-24)10-11-36(30,31)19-8-9-19/h4-7,12-13,18-19H,8-11,14-15H2,1-3H3/t18-/m0/s1. The van der Waals surface area contributed by atoms with Crippen LogP contribution in [0.15, 0.2) is 41.3 Å². The quantitative estimate of drug-likeness (QED) is 0.455. The third kappa shape index (κ3) is 6.40. The zero-order valence-corrected chi connectivity index (χ0v) is 22.4. The average Bonchev–Trinajstić information content (AvgIpc) is 3.63. The van der Waals surface area contributed by atoms with Crippen molar-refractivity contribution < 1.29 is 39.9 Å². The Bertz CT molecular complexity index is 1400. The maximum atomic E-state index is 15.3. The molecule has 0 radical (unpaired) electrons. The van der Waals surface area contributed by atoms with Crippen LogP contribution in [0.1, 0.15) is 45.6 Å². The molecule has 0 unspecified atom stereocenters. The Kier molecular flexibility index (Phi) is 7.28. The van der Waals surface area contributed by atoms with Crippen molar-refractivity contribution in [3.8, 4) is 5.75 Å². The predicted molar refractivity (Wildman–Crippen MR) is 133 cm³/mol. The van der Waals surface area contributed by atoms with Gasteiger partial charge in [0, 0.05) is 0 Å². The number of ether oxygens (including phenoxy) is 2. The normalized spacial score (nSPS) is 18.2. The van der Waals surface area contributed by atoms with Crippen molar-refractivity contribution in [1.29, 1.82) is 0 Å². The third-order valence-corrected chi connectivity index (χ3v) is 10.0. The Morgan fingerprint density at radius 1 is 1.08 bits per heavy atom. The van der Waals surface area contributed by atoms with Crippen LogP contribution in [0.3, 0.4) is 0 Å². The molecule has 1 atom stereocenters. The van der Waals surface area contributed by atoms with E-state index in [0.717, 1.165) is 34.6 Å². The molecule has 2 aromatic rings. The van der Waals surface area contributed by atoms with Crippen LogP contribution >= 0.6 is 0 Å². The van der Waals surface area contributed by atoms with Gasteiger partial charge in [-0.25, -0.2) is 25.6 Å². The summed E-state index contributed by atoms with van der Waals surface area (Å²) >= 11 is 0. The molecule has 0 spiro atoms. The number of sulfonamides is 1. The van der Waals surface area contributed by atoms with Crippen LogP contribution in [-0.2, 0) is 35.8 Å². The summed E-state index contributed by atoms with van der Waals surface area (Å²) in [6, 6.07) is 6.57. The molecular formula is C25H29F2NO7S2. The van der Waals surface area contributed by atoms with E-state index in [2.05, 4.69) is 0 Å². The van der Waals surface area contributed by atoms with Gasteiger partial charge in [-0.3, -0.25) is 9.10 Å². The lowest BCUT2D eigenvalue weighted by Crippen LogP contribution is -2.44. The van der Waals surface area contributed by atoms with Crippen LogP contribution in [0, 0.1) is 11.6 Å². The van der Waals surface area contributed by atoms with Crippen LogP contribution in [0.25, 0.3) is 0 Å². The van der Waals surface area contributed by atoms with Crippen molar-refractivity contribution >= 4 is 31.5 Å². The van der Waals surface area contributed by atoms with Crippen LogP contribution in [0.5, 0.6) is 5.75 Å². The van der Waals surface area contributed by atoms with Crippen molar-refractivity contribution in [2.45, 2.75) is 68.3 Å². The number of rotatable bonds is 8. The second-order valence-electron chi connectivity index (χ2n) is 10.3. The molecule has 37 heavy (non-hydrogen) atoms. The topological polar surface area (TPSA) is 107 Å². The van der Waals surface area contributed by atoms with Gasteiger partial charge in [0.1, 0.15) is 17.5 Å². The second-order valence-corrected chi connectivity index (χ2v) is 14.5. The fraction of sp³-hybridized carbons (Fsp3) is 0.480. The van der Waals surface area contributed by atoms with Gasteiger partial charge < -0.3 is 9.47 Å². The molecule has 1 fully saturated rings. The SMILES string of the molecule is CC(C)(C)OC(=O)Cc1cc(F)c2c(c1)N(S(=O)(=O)c1ccc(F)cc1)C[C@H](CCS(=O)(=O)C1CC1)O2. The Labute approximate surface area is 215 Å². The number of hydrogen-bond donors (Lipinski definition) is 0. The van der Waals surface area contributed by atoms with Gasteiger partial charge in [-0.1, -0.05) is 0 Å². The maximum absolute atomic E-state index is 15.3. The molecule has 0 bridgehead atoms. The van der Waals surface area contributed by atoms with E-state index in [-0.39, 0.29) is 47.0 Å². The van der Waals surface area contributed by atoms with Gasteiger partial charge in [-0.15, -0.1) is 0 Å². The molecule has 1 saturated carbocycles. The summed E-state index contributed by atoms with van der Waals surface area (Å²) in [6.07, 6.45) is -0.0995. The van der Waals surface area contributed by atoms with E-state index in [0.29, 0.717) is 12.8 Å². The molecule has 0 N–H and O–H groups in total. The molecule has 1 aliphatic heterocycles. The Morgan fingerprint density at radius 2 is 1.73 bits per heavy atom. The van der Waals surface area contributed by atoms with Crippen molar-refractivity contribution in [2.24, 2.45) is 0 Å². The number of anilines is 1. The van der Waals surface area contributed by atoms with E-state index in [1.165, 1.54) is 6.07 Å². The largest absolute Gasteiger partial charge is 0.483 e. The van der Waals surface area contributed by atoms with E-state index >= 15 is 4.39 Å². The molecule has 12 heteroatoms. The molecule has 202 valence electrons. The molecule has 2 aliphatic rings. The Hall–Kier alpha value is -2.73. The zero-order valence-electron chi connectivity index (χ0n) is 20.7. The van der Waals surface area contributed by atoms with E-state index < -0.39 is 54.4 Å². The molecule has 0 aromatic heterocycles. The van der Waals surface area contributed by atoms with E-state index in [1.54, 1.807) is 20.8 Å². The number of carbonyl (C=O) groups excluding carboxylic acids is 1. The summed E-state index contributed by atoms with van der Waals surface area (Å²) in [5.74, 6) is -2.74. The number of halogens is 2. The van der Waals surface area contributed by atoms with Gasteiger partial charge in [0.25, 0.3) is 10.0 Å². The predicted octanol–water partition coefficient (Wildman–Crippen LogP) is 3.77. The minimum atomic E-state index is -4.32. The van der Waals surface area contributed by atoms with Crippen LogP contribution in [0.2, 0.25) is 0 Å². The highest BCUT2D eigenvalue weighted by Gasteiger charge is 2.39. The lowest BCUT2D eigenvalue weighted by Gasteiger charge is -2.36. The first kappa shape index (κ1) is 27.3. The fourth-order valence-corrected chi connectivity index (χ4v) is 7.34. The molecule has 1 aliphatic carbocycles. The zero-order chi connectivity index (χ0) is 27.2. The lowest BCUT2D eigenvalue weighted by atomic mass is 10.1. The van der Waals surface area contributed by atoms with Crippen LogP contribution in [-0.4, -0.2) is 52.1 Å². The Balaban J connectivity index is 1.70. The summed E-state index contributed by atoms with van der Waals surface area (Å²) in [6.45, 7) is 4.77. The number of esters is 1. The van der Waals surface area contributed by atoms with Gasteiger partial charge in [-0.05, 0) is 82.0 Å². The number of carbonyl (C=O) groups is 1. The molecule has 4 rings (SSSR count). The summed E-state index contributed by atoms with van der Waals surface area (Å²) in [7, 11) is -7.67. The van der Waals surface area contributed by atoms with E-state index in [1.807, 2.05) is 0 Å². The third-order valence-electron chi connectivity index (χ3n) is 5.93. The number of hydrogen-bond acceptors (Lipinski definition) is 7. The van der Waals surface area contributed by atoms with Crippen molar-refractivity contribution in [3.05, 3.63) is 53.6 Å². The summed E-state index contributed by atoms with van der Waals surface area (Å²) in [5, 5.41) is -0.394. The minimum Gasteiger partial charge on any atom is -0.483 e. The summed E-state index contributed by atoms with van der Waals surface area (Å²) < 4.78 is 92.6. The smallest absolute Gasteiger partial charge is 0.310 e. The van der Waals surface area contributed by atoms with Crippen LogP contribution < -0.4 is 9.04 Å². The summed E-state index contributed by atoms with van der Waals surface area (Å²) in [5.41, 5.74) is -0.730. The molecule has 8 nitrogen and oxygen atoms in total. The van der Waals surface area contributed by atoms with E-state index in [9.17, 15) is 26.0 Å². The van der Waals surface area contributed by atoms with E-state index in [4.69, 9.17) is 9.47 Å². The van der Waals surface area contributed by atoms with Gasteiger partial charge in [0.05, 0.1) is 34.6 Å². The highest BCUT2D eigenvalue weighted by atomic mass is 32.2. The minimum absolute atomic E-state index is 0.0349. The number of sulfone groups is 1. The second kappa shape index (κ2) is 9.86. The molecule has 1 heterocycles. The van der Waals surface area contributed by atoms with Gasteiger partial charge in [0.2, 0.25) is 0 Å². The maximum Gasteiger partial charge on any atom is 0.310 e. The molecule has 0 saturated heterocycles. The number of nitrogens with zero attached hydrogens (tertiary/aromatic N) is 1. The van der Waals surface area contributed by atoms with Gasteiger partial charge in [0.15, 0.2) is 21.4 Å². The van der Waals surface area contributed by atoms with Crippen molar-refractivity contribution in [1.82, 2.24) is 0 Å². The summed E-state index contributed by atoms with van der Waals surface area (Å²) in [4.78, 5) is 12.1. The van der Waals surface area contributed by atoms with Crippen molar-refractivity contribution in [2.75, 3.05) is 16.6 Å². The first-order valence-electron chi connectivity index (χ1n) is 11.9. The Morgan fingerprint density at radius 3 is 2.32 bits per heavy atom.